The first-order valence-electron chi connectivity index (χ1n) is 8.48. The maximum absolute atomic E-state index is 12.6. The zero-order chi connectivity index (χ0) is 18.4. The molecule has 0 aliphatic carbocycles. The number of H-pyrrole nitrogens is 1. The van der Waals surface area contributed by atoms with Gasteiger partial charge in [0.2, 0.25) is 10.0 Å². The van der Waals surface area contributed by atoms with E-state index in [1.54, 1.807) is 15.5 Å². The predicted molar refractivity (Wildman–Crippen MR) is 92.7 cm³/mol. The van der Waals surface area contributed by atoms with Gasteiger partial charge in [0.05, 0.1) is 30.0 Å². The van der Waals surface area contributed by atoms with Crippen LogP contribution in [0.1, 0.15) is 34.7 Å². The van der Waals surface area contributed by atoms with E-state index >= 15 is 0 Å². The van der Waals surface area contributed by atoms with E-state index in [4.69, 9.17) is 0 Å². The molecule has 9 nitrogen and oxygen atoms in total. The summed E-state index contributed by atoms with van der Waals surface area (Å²) in [4.78, 5) is 29.9. The number of rotatable bonds is 2. The van der Waals surface area contributed by atoms with Crippen LogP contribution in [0, 0.1) is 0 Å². The molecule has 0 atom stereocenters. The fourth-order valence-electron chi connectivity index (χ4n) is 4.08. The monoisotopic (exact) mass is 376 g/mol. The van der Waals surface area contributed by atoms with Crippen molar-refractivity contribution in [1.29, 1.82) is 0 Å². The Bertz CT molecular complexity index is 918. The number of amides is 1. The first-order valence-corrected chi connectivity index (χ1v) is 10.3. The molecule has 26 heavy (non-hydrogen) atoms. The Morgan fingerprint density at radius 2 is 1.96 bits per heavy atom. The van der Waals surface area contributed by atoms with Crippen molar-refractivity contribution in [2.45, 2.75) is 24.8 Å². The molecule has 2 aliphatic heterocycles. The van der Waals surface area contributed by atoms with E-state index in [-0.39, 0.29) is 5.91 Å². The van der Waals surface area contributed by atoms with E-state index in [1.165, 1.54) is 24.8 Å². The standard InChI is InChI=1S/C16H20N6O3S/c1-26(24,25)22-7-2-12-14(20-11-19-12)16(22)3-8-21(9-4-16)15(23)13-10-17-5-6-18-13/h5-6,10-11H,2-4,7-9H2,1H3,(H,19,20). The van der Waals surface area contributed by atoms with Crippen molar-refractivity contribution in [2.24, 2.45) is 0 Å². The first kappa shape index (κ1) is 17.1. The largest absolute Gasteiger partial charge is 0.348 e. The van der Waals surface area contributed by atoms with Crippen LogP contribution in [0.2, 0.25) is 0 Å². The molecule has 1 amide bonds. The number of carbonyl (C=O) groups is 1. The number of nitrogens with one attached hydrogen (secondary N) is 1. The number of nitrogens with zero attached hydrogens (tertiary/aromatic N) is 5. The van der Waals surface area contributed by atoms with Gasteiger partial charge in [-0.2, -0.15) is 4.31 Å². The number of imidazole rings is 1. The maximum atomic E-state index is 12.6. The summed E-state index contributed by atoms with van der Waals surface area (Å²) in [5, 5.41) is 0. The molecule has 138 valence electrons. The highest BCUT2D eigenvalue weighted by Gasteiger charge is 2.50. The summed E-state index contributed by atoms with van der Waals surface area (Å²) in [7, 11) is -3.39. The number of likely N-dealkylation sites (tertiary alicyclic amines) is 1. The number of piperidine rings is 1. The van der Waals surface area contributed by atoms with E-state index in [0.29, 0.717) is 44.6 Å². The number of carbonyl (C=O) groups excluding carboxylic acids is 1. The van der Waals surface area contributed by atoms with Crippen LogP contribution >= 0.6 is 0 Å². The molecule has 1 saturated heterocycles. The zero-order valence-corrected chi connectivity index (χ0v) is 15.2. The molecule has 2 aliphatic rings. The van der Waals surface area contributed by atoms with E-state index in [0.717, 1.165) is 11.4 Å². The van der Waals surface area contributed by atoms with Crippen molar-refractivity contribution in [3.63, 3.8) is 0 Å². The van der Waals surface area contributed by atoms with Crippen LogP contribution < -0.4 is 0 Å². The summed E-state index contributed by atoms with van der Waals surface area (Å²) < 4.78 is 26.4. The van der Waals surface area contributed by atoms with E-state index in [9.17, 15) is 13.2 Å². The van der Waals surface area contributed by atoms with Crippen LogP contribution in [0.25, 0.3) is 0 Å². The second-order valence-corrected chi connectivity index (χ2v) is 8.64. The first-order chi connectivity index (χ1) is 12.4. The van der Waals surface area contributed by atoms with Gasteiger partial charge in [-0.1, -0.05) is 0 Å². The second-order valence-electron chi connectivity index (χ2n) is 6.73. The summed E-state index contributed by atoms with van der Waals surface area (Å²) >= 11 is 0. The van der Waals surface area contributed by atoms with Gasteiger partial charge in [-0.15, -0.1) is 0 Å². The van der Waals surface area contributed by atoms with E-state index in [2.05, 4.69) is 19.9 Å². The topological polar surface area (TPSA) is 112 Å². The fourth-order valence-corrected chi connectivity index (χ4v) is 5.41. The number of hydrogen-bond acceptors (Lipinski definition) is 6. The summed E-state index contributed by atoms with van der Waals surface area (Å²) in [6.45, 7) is 1.30. The van der Waals surface area contributed by atoms with Crippen molar-refractivity contribution in [3.05, 3.63) is 42.0 Å². The number of aromatic amines is 1. The zero-order valence-electron chi connectivity index (χ0n) is 14.4. The molecule has 0 unspecified atom stereocenters. The molecule has 0 aromatic carbocycles. The summed E-state index contributed by atoms with van der Waals surface area (Å²) in [5.41, 5.74) is 1.38. The van der Waals surface area contributed by atoms with Crippen LogP contribution in [0.5, 0.6) is 0 Å². The molecule has 2 aromatic rings. The number of sulfonamides is 1. The minimum Gasteiger partial charge on any atom is -0.348 e. The Morgan fingerprint density at radius 3 is 2.62 bits per heavy atom. The highest BCUT2D eigenvalue weighted by atomic mass is 32.2. The lowest BCUT2D eigenvalue weighted by molar-refractivity contribution is 0.0458. The van der Waals surface area contributed by atoms with Gasteiger partial charge < -0.3 is 9.88 Å². The quantitative estimate of drug-likeness (QED) is 0.798. The van der Waals surface area contributed by atoms with Crippen LogP contribution in [-0.2, 0) is 22.0 Å². The van der Waals surface area contributed by atoms with Crippen molar-refractivity contribution >= 4 is 15.9 Å². The summed E-state index contributed by atoms with van der Waals surface area (Å²) in [5.74, 6) is -0.183. The molecule has 4 heterocycles. The molecule has 1 spiro atoms. The SMILES string of the molecule is CS(=O)(=O)N1CCc2[nH]cnc2C12CCN(C(=O)c1cnccn1)CC2. The Hall–Kier alpha value is -2.33. The Balaban J connectivity index is 1.63. The fraction of sp³-hybridized carbons (Fsp3) is 0.500. The summed E-state index contributed by atoms with van der Waals surface area (Å²) in [6.07, 6.45) is 8.94. The smallest absolute Gasteiger partial charge is 0.274 e. The highest BCUT2D eigenvalue weighted by Crippen LogP contribution is 2.43. The van der Waals surface area contributed by atoms with Crippen LogP contribution in [0.3, 0.4) is 0 Å². The van der Waals surface area contributed by atoms with Gasteiger partial charge in [0.25, 0.3) is 5.91 Å². The van der Waals surface area contributed by atoms with Crippen LogP contribution in [-0.4, -0.2) is 69.4 Å². The average Bonchev–Trinajstić information content (AvgIpc) is 3.12. The number of aromatic nitrogens is 4. The molecule has 2 aromatic heterocycles. The van der Waals surface area contributed by atoms with Gasteiger partial charge in [0, 0.05) is 44.1 Å². The molecule has 0 radical (unpaired) electrons. The van der Waals surface area contributed by atoms with Crippen LogP contribution in [0.4, 0.5) is 0 Å². The van der Waals surface area contributed by atoms with Gasteiger partial charge in [0.15, 0.2) is 0 Å². The van der Waals surface area contributed by atoms with Gasteiger partial charge in [-0.3, -0.25) is 9.78 Å². The third kappa shape index (κ3) is 2.69. The van der Waals surface area contributed by atoms with E-state index in [1.807, 2.05) is 0 Å². The molecular weight excluding hydrogens is 356 g/mol. The predicted octanol–water partition coefficient (Wildman–Crippen LogP) is 0.149. The molecular formula is C16H20N6O3S. The molecule has 1 N–H and O–H groups in total. The highest BCUT2D eigenvalue weighted by molar-refractivity contribution is 7.88. The maximum Gasteiger partial charge on any atom is 0.274 e. The number of fused-ring (bicyclic) bond motifs is 2. The van der Waals surface area contributed by atoms with Gasteiger partial charge in [0.1, 0.15) is 5.69 Å². The van der Waals surface area contributed by atoms with Crippen molar-refractivity contribution in [2.75, 3.05) is 25.9 Å². The van der Waals surface area contributed by atoms with Crippen LogP contribution in [0.15, 0.2) is 24.9 Å². The average molecular weight is 376 g/mol. The second kappa shape index (κ2) is 6.13. The van der Waals surface area contributed by atoms with Gasteiger partial charge >= 0.3 is 0 Å². The molecule has 0 saturated carbocycles. The van der Waals surface area contributed by atoms with Crippen molar-refractivity contribution in [1.82, 2.24) is 29.1 Å². The van der Waals surface area contributed by atoms with Crippen molar-refractivity contribution < 1.29 is 13.2 Å². The molecule has 0 bridgehead atoms. The lowest BCUT2D eigenvalue weighted by Crippen LogP contribution is -2.58. The lowest BCUT2D eigenvalue weighted by Gasteiger charge is -2.49. The molecule has 1 fully saturated rings. The normalized spacial score (nSPS) is 20.1. The Labute approximate surface area is 151 Å². The number of hydrogen-bond donors (Lipinski definition) is 1. The lowest BCUT2D eigenvalue weighted by atomic mass is 9.80. The van der Waals surface area contributed by atoms with Gasteiger partial charge in [-0.05, 0) is 12.8 Å². The van der Waals surface area contributed by atoms with Crippen molar-refractivity contribution in [3.8, 4) is 0 Å². The third-order valence-corrected chi connectivity index (χ3v) is 6.59. The minimum atomic E-state index is -3.39. The Kier molecular flexibility index (Phi) is 4.03. The van der Waals surface area contributed by atoms with E-state index < -0.39 is 15.6 Å². The molecule has 4 rings (SSSR count). The van der Waals surface area contributed by atoms with Gasteiger partial charge in [-0.25, -0.2) is 18.4 Å². The molecule has 10 heteroatoms. The minimum absolute atomic E-state index is 0.183. The summed E-state index contributed by atoms with van der Waals surface area (Å²) in [6, 6.07) is 0. The Morgan fingerprint density at radius 1 is 1.19 bits per heavy atom. The third-order valence-electron chi connectivity index (χ3n) is 5.26.